The van der Waals surface area contributed by atoms with Crippen LogP contribution in [0.2, 0.25) is 0 Å². The summed E-state index contributed by atoms with van der Waals surface area (Å²) in [6.45, 7) is 4.26. The molecule has 41 heavy (non-hydrogen) atoms. The van der Waals surface area contributed by atoms with Crippen molar-refractivity contribution in [1.29, 1.82) is 0 Å². The van der Waals surface area contributed by atoms with Crippen LogP contribution < -0.4 is 15.0 Å². The second-order valence-corrected chi connectivity index (χ2v) is 10.9. The lowest BCUT2D eigenvalue weighted by molar-refractivity contribution is 0.0226. The fourth-order valence-electron chi connectivity index (χ4n) is 6.19. The van der Waals surface area contributed by atoms with E-state index in [2.05, 4.69) is 67.5 Å². The fraction of sp³-hybridized carbons (Fsp3) is 0.139. The summed E-state index contributed by atoms with van der Waals surface area (Å²) < 4.78 is 13.0. The van der Waals surface area contributed by atoms with E-state index in [4.69, 9.17) is 9.47 Å². The van der Waals surface area contributed by atoms with E-state index in [0.717, 1.165) is 33.6 Å². The summed E-state index contributed by atoms with van der Waals surface area (Å²) in [5.41, 5.74) is 5.23. The number of benzene rings is 5. The summed E-state index contributed by atoms with van der Waals surface area (Å²) in [6, 6.07) is 40.3. The number of hydrogen-bond donors (Lipinski definition) is 1. The lowest BCUT2D eigenvalue weighted by Crippen LogP contribution is -2.48. The Labute approximate surface area is 240 Å². The highest BCUT2D eigenvalue weighted by Crippen LogP contribution is 2.58. The highest BCUT2D eigenvalue weighted by Gasteiger charge is 2.55. The predicted molar refractivity (Wildman–Crippen MR) is 162 cm³/mol. The van der Waals surface area contributed by atoms with Crippen molar-refractivity contribution < 1.29 is 14.3 Å². The highest BCUT2D eigenvalue weighted by atomic mass is 16.6. The van der Waals surface area contributed by atoms with Crippen molar-refractivity contribution in [2.45, 2.75) is 25.1 Å². The van der Waals surface area contributed by atoms with E-state index < -0.39 is 11.3 Å². The maximum absolute atomic E-state index is 13.4. The van der Waals surface area contributed by atoms with Gasteiger partial charge in [-0.2, -0.15) is 0 Å². The van der Waals surface area contributed by atoms with E-state index in [1.54, 1.807) is 0 Å². The molecule has 2 unspecified atom stereocenters. The molecule has 5 nitrogen and oxygen atoms in total. The molecule has 202 valence electrons. The predicted octanol–water partition coefficient (Wildman–Crippen LogP) is 7.98. The number of carbonyl (C=O) groups excluding carboxylic acids is 1. The molecular weight excluding hydrogens is 508 g/mol. The maximum atomic E-state index is 13.4. The number of rotatable bonds is 5. The first kappa shape index (κ1) is 25.0. The van der Waals surface area contributed by atoms with Gasteiger partial charge in [0.05, 0.1) is 11.1 Å². The van der Waals surface area contributed by atoms with Crippen LogP contribution in [-0.2, 0) is 16.0 Å². The minimum absolute atomic E-state index is 0.347. The van der Waals surface area contributed by atoms with Gasteiger partial charge in [0.15, 0.2) is 5.60 Å². The number of fused-ring (bicyclic) bond motifs is 6. The van der Waals surface area contributed by atoms with E-state index in [1.807, 2.05) is 84.9 Å². The molecule has 0 fully saturated rings. The van der Waals surface area contributed by atoms with Crippen molar-refractivity contribution in [3.63, 3.8) is 0 Å². The van der Waals surface area contributed by atoms with Gasteiger partial charge in [-0.3, -0.25) is 0 Å². The number of carbonyl (C=O) groups is 1. The molecule has 5 aromatic carbocycles. The summed E-state index contributed by atoms with van der Waals surface area (Å²) in [6.07, 6.45) is 0. The second-order valence-electron chi connectivity index (χ2n) is 10.9. The molecule has 5 aromatic rings. The third kappa shape index (κ3) is 3.73. The van der Waals surface area contributed by atoms with E-state index >= 15 is 0 Å². The molecule has 1 N–H and O–H groups in total. The van der Waals surface area contributed by atoms with Gasteiger partial charge in [-0.15, -0.1) is 0 Å². The van der Waals surface area contributed by atoms with Gasteiger partial charge in [0.1, 0.15) is 17.2 Å². The number of esters is 1. The first-order valence-electron chi connectivity index (χ1n) is 13.8. The molecule has 0 aromatic heterocycles. The first-order valence-corrected chi connectivity index (χ1v) is 13.8. The van der Waals surface area contributed by atoms with Crippen LogP contribution in [-0.4, -0.2) is 13.0 Å². The van der Waals surface area contributed by atoms with Crippen LogP contribution in [0.3, 0.4) is 0 Å². The van der Waals surface area contributed by atoms with Gasteiger partial charge < -0.3 is 19.7 Å². The second kappa shape index (κ2) is 9.27. The van der Waals surface area contributed by atoms with Crippen LogP contribution in [0.4, 0.5) is 11.4 Å². The molecule has 0 saturated heterocycles. The zero-order valence-electron chi connectivity index (χ0n) is 23.2. The minimum atomic E-state index is -1.17. The van der Waals surface area contributed by atoms with Crippen LogP contribution in [0.15, 0.2) is 121 Å². The maximum Gasteiger partial charge on any atom is 0.340 e. The highest BCUT2D eigenvalue weighted by molar-refractivity contribution is 5.97. The minimum Gasteiger partial charge on any atom is -0.456 e. The van der Waals surface area contributed by atoms with Crippen LogP contribution in [0, 0.1) is 6.92 Å². The first-order chi connectivity index (χ1) is 19.9. The molecule has 0 saturated carbocycles. The molecular formula is C36H30N2O3. The van der Waals surface area contributed by atoms with Gasteiger partial charge in [-0.1, -0.05) is 90.5 Å². The normalized spacial score (nSPS) is 17.9. The number of hydrogen-bond acceptors (Lipinski definition) is 5. The lowest BCUT2D eigenvalue weighted by atomic mass is 9.76. The van der Waals surface area contributed by atoms with Crippen molar-refractivity contribution in [2.75, 3.05) is 17.3 Å². The Kier molecular flexibility index (Phi) is 5.65. The number of nitrogens with one attached hydrogen (secondary N) is 1. The summed E-state index contributed by atoms with van der Waals surface area (Å²) in [5.74, 6) is 0.969. The largest absolute Gasteiger partial charge is 0.456 e. The Bertz CT molecular complexity index is 1780. The van der Waals surface area contributed by atoms with Crippen molar-refractivity contribution in [2.24, 2.45) is 0 Å². The van der Waals surface area contributed by atoms with Crippen LogP contribution in [0.1, 0.15) is 45.1 Å². The molecule has 0 amide bonds. The Hall–Kier alpha value is -5.03. The Morgan fingerprint density at radius 2 is 1.39 bits per heavy atom. The zero-order valence-corrected chi connectivity index (χ0v) is 23.2. The van der Waals surface area contributed by atoms with Crippen molar-refractivity contribution in [3.8, 4) is 11.5 Å². The molecule has 5 heteroatoms. The summed E-state index contributed by atoms with van der Waals surface area (Å²) in [7, 11) is 2.09. The van der Waals surface area contributed by atoms with Crippen LogP contribution >= 0.6 is 0 Å². The van der Waals surface area contributed by atoms with E-state index in [0.29, 0.717) is 17.1 Å². The van der Waals surface area contributed by atoms with Gasteiger partial charge in [-0.25, -0.2) is 4.79 Å². The lowest BCUT2D eigenvalue weighted by Gasteiger charge is -2.44. The Balaban J connectivity index is 1.47. The fourth-order valence-corrected chi connectivity index (χ4v) is 6.19. The molecule has 0 bridgehead atoms. The van der Waals surface area contributed by atoms with Crippen molar-refractivity contribution >= 4 is 17.3 Å². The molecule has 2 heterocycles. The van der Waals surface area contributed by atoms with Gasteiger partial charge in [0.2, 0.25) is 0 Å². The van der Waals surface area contributed by atoms with E-state index in [1.165, 1.54) is 5.56 Å². The molecule has 1 spiro atoms. The molecule has 2 aliphatic rings. The third-order valence-electron chi connectivity index (χ3n) is 8.44. The van der Waals surface area contributed by atoms with E-state index in [-0.39, 0.29) is 5.97 Å². The Morgan fingerprint density at radius 1 is 0.732 bits per heavy atom. The van der Waals surface area contributed by atoms with Crippen LogP contribution in [0.5, 0.6) is 11.5 Å². The molecule has 7 rings (SSSR count). The van der Waals surface area contributed by atoms with E-state index in [9.17, 15) is 4.79 Å². The van der Waals surface area contributed by atoms with Crippen molar-refractivity contribution in [1.82, 2.24) is 0 Å². The number of para-hydroxylation sites is 2. The summed E-state index contributed by atoms with van der Waals surface area (Å²) in [5, 5.41) is 3.90. The summed E-state index contributed by atoms with van der Waals surface area (Å²) >= 11 is 0. The number of anilines is 2. The average Bonchev–Trinajstić information content (AvgIpc) is 3.30. The van der Waals surface area contributed by atoms with Gasteiger partial charge >= 0.3 is 5.97 Å². The number of aryl methyl sites for hydroxylation is 1. The monoisotopic (exact) mass is 538 g/mol. The van der Waals surface area contributed by atoms with Crippen molar-refractivity contribution in [3.05, 3.63) is 155 Å². The van der Waals surface area contributed by atoms with Crippen LogP contribution in [0.25, 0.3) is 0 Å². The zero-order chi connectivity index (χ0) is 28.2. The third-order valence-corrected chi connectivity index (χ3v) is 8.44. The SMILES string of the molecule is Cc1ccc(C(C)(Nc2cccc3c2C2(OC(=O)c4ccccc42)c2ccccc2O3)N(C)c2ccccc2)cc1. The standard InChI is InChI=1S/C36H30N2O3/c1-24-20-22-25(23-21-24)35(2,38(3)26-12-5-4-6-13-26)37-30-17-11-19-32-33(30)36(29-16-9-10-18-31(29)40-32)28-15-8-7-14-27(28)34(39)41-36/h4-23,37H,1-3H3. The molecule has 2 atom stereocenters. The average molecular weight is 539 g/mol. The molecule has 0 radical (unpaired) electrons. The van der Waals surface area contributed by atoms with Gasteiger partial charge in [-0.05, 0) is 55.8 Å². The quantitative estimate of drug-likeness (QED) is 0.182. The topological polar surface area (TPSA) is 50.8 Å². The van der Waals surface area contributed by atoms with Gasteiger partial charge in [0.25, 0.3) is 0 Å². The number of ether oxygens (including phenoxy) is 2. The smallest absolute Gasteiger partial charge is 0.340 e. The molecule has 2 aliphatic heterocycles. The van der Waals surface area contributed by atoms with Gasteiger partial charge in [0, 0.05) is 29.5 Å². The number of nitrogens with zero attached hydrogens (tertiary/aromatic N) is 1. The Morgan fingerprint density at radius 3 is 2.17 bits per heavy atom. The molecule has 0 aliphatic carbocycles. The summed E-state index contributed by atoms with van der Waals surface area (Å²) in [4.78, 5) is 15.6.